The Kier molecular flexibility index (Phi) is 4.81. The molecule has 66 valence electrons. The van der Waals surface area contributed by atoms with Gasteiger partial charge in [0.25, 0.3) is 0 Å². The summed E-state index contributed by atoms with van der Waals surface area (Å²) in [6, 6.07) is -0.444. The van der Waals surface area contributed by atoms with Crippen LogP contribution in [0.1, 0.15) is 19.8 Å². The lowest BCUT2D eigenvalue weighted by Gasteiger charge is -2.15. The molecule has 11 heavy (non-hydrogen) atoms. The lowest BCUT2D eigenvalue weighted by Crippen LogP contribution is -2.45. The van der Waals surface area contributed by atoms with Crippen LogP contribution in [-0.2, 0) is 4.79 Å². The summed E-state index contributed by atoms with van der Waals surface area (Å²) < 4.78 is 0. The SMILES string of the molecule is CCC[C@H](N)C(O)C(=O)NC. The van der Waals surface area contributed by atoms with E-state index in [9.17, 15) is 9.90 Å². The van der Waals surface area contributed by atoms with E-state index >= 15 is 0 Å². The summed E-state index contributed by atoms with van der Waals surface area (Å²) in [6.07, 6.45) is 0.462. The molecule has 0 fully saturated rings. The molecule has 0 radical (unpaired) electrons. The van der Waals surface area contributed by atoms with Gasteiger partial charge in [0.2, 0.25) is 5.91 Å². The van der Waals surface area contributed by atoms with Gasteiger partial charge in [0.05, 0.1) is 0 Å². The van der Waals surface area contributed by atoms with Crippen molar-refractivity contribution in [2.24, 2.45) is 5.73 Å². The molecule has 0 aromatic carbocycles. The zero-order valence-electron chi connectivity index (χ0n) is 7.00. The molecule has 0 saturated heterocycles. The minimum Gasteiger partial charge on any atom is -0.382 e. The molecule has 0 bridgehead atoms. The van der Waals surface area contributed by atoms with Crippen LogP contribution in [0.4, 0.5) is 0 Å². The largest absolute Gasteiger partial charge is 0.382 e. The summed E-state index contributed by atoms with van der Waals surface area (Å²) in [5, 5.41) is 11.5. The van der Waals surface area contributed by atoms with Crippen LogP contribution in [0.3, 0.4) is 0 Å². The second-order valence-electron chi connectivity index (χ2n) is 2.51. The highest BCUT2D eigenvalue weighted by Gasteiger charge is 2.20. The van der Waals surface area contributed by atoms with Gasteiger partial charge in [-0.25, -0.2) is 0 Å². The Morgan fingerprint density at radius 2 is 2.27 bits per heavy atom. The van der Waals surface area contributed by atoms with Crippen LogP contribution in [0.15, 0.2) is 0 Å². The Balaban J connectivity index is 3.80. The van der Waals surface area contributed by atoms with Gasteiger partial charge in [0, 0.05) is 13.1 Å². The van der Waals surface area contributed by atoms with Gasteiger partial charge < -0.3 is 16.2 Å². The molecule has 0 aromatic heterocycles. The summed E-state index contributed by atoms with van der Waals surface area (Å²) in [5.74, 6) is -0.411. The number of hydrogen-bond donors (Lipinski definition) is 3. The van der Waals surface area contributed by atoms with Crippen molar-refractivity contribution in [3.05, 3.63) is 0 Å². The fraction of sp³-hybridized carbons (Fsp3) is 0.857. The number of likely N-dealkylation sites (N-methyl/N-ethyl adjacent to an activating group) is 1. The van der Waals surface area contributed by atoms with E-state index < -0.39 is 18.1 Å². The van der Waals surface area contributed by atoms with Crippen LogP contribution < -0.4 is 11.1 Å². The van der Waals surface area contributed by atoms with Crippen LogP contribution in [0.5, 0.6) is 0 Å². The van der Waals surface area contributed by atoms with Crippen LogP contribution >= 0.6 is 0 Å². The first kappa shape index (κ1) is 10.4. The lowest BCUT2D eigenvalue weighted by atomic mass is 10.1. The highest BCUT2D eigenvalue weighted by Crippen LogP contribution is 1.98. The second kappa shape index (κ2) is 5.09. The van der Waals surface area contributed by atoms with E-state index in [4.69, 9.17) is 5.73 Å². The molecule has 2 atom stereocenters. The van der Waals surface area contributed by atoms with Gasteiger partial charge in [-0.3, -0.25) is 4.79 Å². The zero-order chi connectivity index (χ0) is 8.85. The summed E-state index contributed by atoms with van der Waals surface area (Å²) in [4.78, 5) is 10.8. The van der Waals surface area contributed by atoms with E-state index in [0.717, 1.165) is 6.42 Å². The molecule has 0 rings (SSSR count). The standard InChI is InChI=1S/C7H16N2O2/c1-3-4-5(8)6(10)7(11)9-2/h5-6,10H,3-4,8H2,1-2H3,(H,9,11)/t5-,6?/m0/s1. The van der Waals surface area contributed by atoms with Crippen molar-refractivity contribution in [2.75, 3.05) is 7.05 Å². The third kappa shape index (κ3) is 3.34. The minimum absolute atomic E-state index is 0.411. The van der Waals surface area contributed by atoms with Crippen molar-refractivity contribution in [2.45, 2.75) is 31.9 Å². The Morgan fingerprint density at radius 3 is 2.64 bits per heavy atom. The number of aliphatic hydroxyl groups excluding tert-OH is 1. The van der Waals surface area contributed by atoms with Crippen LogP contribution in [0.25, 0.3) is 0 Å². The average Bonchev–Trinajstić information content (AvgIpc) is 2.02. The Bertz CT molecular complexity index is 128. The maximum Gasteiger partial charge on any atom is 0.250 e. The molecule has 0 heterocycles. The van der Waals surface area contributed by atoms with Crippen LogP contribution in [0.2, 0.25) is 0 Å². The smallest absolute Gasteiger partial charge is 0.250 e. The first-order valence-electron chi connectivity index (χ1n) is 3.78. The average molecular weight is 160 g/mol. The van der Waals surface area contributed by atoms with E-state index in [1.54, 1.807) is 0 Å². The highest BCUT2D eigenvalue weighted by molar-refractivity contribution is 5.80. The molecule has 0 aliphatic heterocycles. The van der Waals surface area contributed by atoms with Gasteiger partial charge in [-0.05, 0) is 6.42 Å². The van der Waals surface area contributed by atoms with E-state index in [1.807, 2.05) is 6.92 Å². The zero-order valence-corrected chi connectivity index (χ0v) is 7.00. The van der Waals surface area contributed by atoms with E-state index in [0.29, 0.717) is 6.42 Å². The van der Waals surface area contributed by atoms with Crippen molar-refractivity contribution in [3.8, 4) is 0 Å². The monoisotopic (exact) mass is 160 g/mol. The van der Waals surface area contributed by atoms with Gasteiger partial charge in [0.15, 0.2) is 0 Å². The molecule has 1 amide bonds. The van der Waals surface area contributed by atoms with Gasteiger partial charge >= 0.3 is 0 Å². The first-order valence-corrected chi connectivity index (χ1v) is 3.78. The van der Waals surface area contributed by atoms with Crippen molar-refractivity contribution < 1.29 is 9.90 Å². The maximum atomic E-state index is 10.8. The normalized spacial score (nSPS) is 15.6. The summed E-state index contributed by atoms with van der Waals surface area (Å²) in [5.41, 5.74) is 5.49. The molecule has 4 heteroatoms. The van der Waals surface area contributed by atoms with Crippen molar-refractivity contribution in [1.82, 2.24) is 5.32 Å². The van der Waals surface area contributed by atoms with Gasteiger partial charge in [0.1, 0.15) is 6.10 Å². The third-order valence-corrected chi connectivity index (χ3v) is 1.54. The molecule has 0 spiro atoms. The maximum absolute atomic E-state index is 10.8. The molecule has 0 aromatic rings. The summed E-state index contributed by atoms with van der Waals surface area (Å²) in [7, 11) is 1.48. The fourth-order valence-electron chi connectivity index (χ4n) is 0.834. The number of carbonyl (C=O) groups is 1. The van der Waals surface area contributed by atoms with Crippen molar-refractivity contribution in [3.63, 3.8) is 0 Å². The molecule has 0 aliphatic carbocycles. The van der Waals surface area contributed by atoms with Crippen molar-refractivity contribution >= 4 is 5.91 Å². The number of rotatable bonds is 4. The van der Waals surface area contributed by atoms with E-state index in [1.165, 1.54) is 7.05 Å². The van der Waals surface area contributed by atoms with E-state index in [-0.39, 0.29) is 0 Å². The Labute approximate surface area is 66.8 Å². The third-order valence-electron chi connectivity index (χ3n) is 1.54. The molecule has 4 N–H and O–H groups in total. The van der Waals surface area contributed by atoms with Gasteiger partial charge in [-0.1, -0.05) is 13.3 Å². The topological polar surface area (TPSA) is 75.3 Å². The first-order chi connectivity index (χ1) is 5.13. The summed E-state index contributed by atoms with van der Waals surface area (Å²) in [6.45, 7) is 1.95. The number of carbonyl (C=O) groups excluding carboxylic acids is 1. The quantitative estimate of drug-likeness (QED) is 0.505. The Hall–Kier alpha value is -0.610. The second-order valence-corrected chi connectivity index (χ2v) is 2.51. The lowest BCUT2D eigenvalue weighted by molar-refractivity contribution is -0.129. The highest BCUT2D eigenvalue weighted by atomic mass is 16.3. The Morgan fingerprint density at radius 1 is 1.73 bits per heavy atom. The predicted molar refractivity (Wildman–Crippen MR) is 43.0 cm³/mol. The number of hydrogen-bond acceptors (Lipinski definition) is 3. The molecule has 4 nitrogen and oxygen atoms in total. The van der Waals surface area contributed by atoms with Crippen molar-refractivity contribution in [1.29, 1.82) is 0 Å². The van der Waals surface area contributed by atoms with Crippen LogP contribution in [0, 0.1) is 0 Å². The fourth-order valence-corrected chi connectivity index (χ4v) is 0.834. The number of nitrogens with one attached hydrogen (secondary N) is 1. The molecular weight excluding hydrogens is 144 g/mol. The number of aliphatic hydroxyl groups is 1. The van der Waals surface area contributed by atoms with Crippen LogP contribution in [-0.4, -0.2) is 30.2 Å². The molecule has 0 saturated carbocycles. The van der Waals surface area contributed by atoms with E-state index in [2.05, 4.69) is 5.32 Å². The minimum atomic E-state index is -1.07. The number of nitrogens with two attached hydrogens (primary N) is 1. The molecule has 0 aliphatic rings. The van der Waals surface area contributed by atoms with Gasteiger partial charge in [-0.15, -0.1) is 0 Å². The molecular formula is C7H16N2O2. The number of amides is 1. The predicted octanol–water partition coefficient (Wildman–Crippen LogP) is -0.779. The van der Waals surface area contributed by atoms with Gasteiger partial charge in [-0.2, -0.15) is 0 Å². The molecule has 1 unspecified atom stereocenters. The summed E-state index contributed by atoms with van der Waals surface area (Å²) >= 11 is 0.